The van der Waals surface area contributed by atoms with Crippen LogP contribution in [-0.2, 0) is 13.1 Å². The van der Waals surface area contributed by atoms with Crippen molar-refractivity contribution in [2.45, 2.75) is 71.1 Å². The second-order valence-electron chi connectivity index (χ2n) is 5.71. The standard InChI is InChI=1S/C15H28N4/c1-3-9-19(14-7-5-13(16)6-8-14)11-15-10-17-12-18(15)4-2/h10,12-14H,3-9,11,16H2,1-2H3. The van der Waals surface area contributed by atoms with E-state index in [0.29, 0.717) is 12.1 Å². The maximum atomic E-state index is 6.02. The zero-order valence-corrected chi connectivity index (χ0v) is 12.4. The molecule has 0 aromatic carbocycles. The Morgan fingerprint density at radius 2 is 2.05 bits per heavy atom. The molecule has 0 amide bonds. The minimum absolute atomic E-state index is 0.431. The van der Waals surface area contributed by atoms with Crippen molar-refractivity contribution < 1.29 is 0 Å². The normalized spacial score (nSPS) is 24.0. The summed E-state index contributed by atoms with van der Waals surface area (Å²) in [6, 6.07) is 1.14. The second kappa shape index (κ2) is 7.06. The summed E-state index contributed by atoms with van der Waals surface area (Å²) in [5.74, 6) is 0. The molecule has 2 N–H and O–H groups in total. The van der Waals surface area contributed by atoms with E-state index >= 15 is 0 Å². The number of rotatable bonds is 6. The van der Waals surface area contributed by atoms with E-state index in [2.05, 4.69) is 28.3 Å². The first-order valence-electron chi connectivity index (χ1n) is 7.73. The largest absolute Gasteiger partial charge is 0.334 e. The minimum Gasteiger partial charge on any atom is -0.334 e. The Kier molecular flexibility index (Phi) is 5.40. The molecule has 4 heteroatoms. The molecule has 19 heavy (non-hydrogen) atoms. The van der Waals surface area contributed by atoms with Crippen LogP contribution in [0, 0.1) is 0 Å². The monoisotopic (exact) mass is 264 g/mol. The Balaban J connectivity index is 1.99. The zero-order valence-electron chi connectivity index (χ0n) is 12.4. The highest BCUT2D eigenvalue weighted by molar-refractivity contribution is 4.99. The molecule has 0 atom stereocenters. The van der Waals surface area contributed by atoms with Crippen LogP contribution in [0.4, 0.5) is 0 Å². The van der Waals surface area contributed by atoms with Crippen LogP contribution < -0.4 is 5.73 Å². The van der Waals surface area contributed by atoms with Crippen molar-refractivity contribution >= 4 is 0 Å². The molecule has 1 aliphatic rings. The molecule has 0 spiro atoms. The molecule has 1 saturated carbocycles. The molecule has 108 valence electrons. The lowest BCUT2D eigenvalue weighted by Crippen LogP contribution is -2.41. The smallest absolute Gasteiger partial charge is 0.0948 e. The third-order valence-corrected chi connectivity index (χ3v) is 4.27. The fourth-order valence-corrected chi connectivity index (χ4v) is 3.12. The summed E-state index contributed by atoms with van der Waals surface area (Å²) < 4.78 is 2.25. The van der Waals surface area contributed by atoms with Gasteiger partial charge in [0.15, 0.2) is 0 Å². The Morgan fingerprint density at radius 1 is 1.32 bits per heavy atom. The van der Waals surface area contributed by atoms with Crippen molar-refractivity contribution in [2.75, 3.05) is 6.54 Å². The first-order valence-corrected chi connectivity index (χ1v) is 7.73. The van der Waals surface area contributed by atoms with Crippen molar-refractivity contribution in [3.8, 4) is 0 Å². The van der Waals surface area contributed by atoms with Crippen LogP contribution >= 0.6 is 0 Å². The van der Waals surface area contributed by atoms with E-state index in [-0.39, 0.29) is 0 Å². The molecule has 0 unspecified atom stereocenters. The summed E-state index contributed by atoms with van der Waals surface area (Å²) in [5, 5.41) is 0. The first kappa shape index (κ1) is 14.5. The third-order valence-electron chi connectivity index (χ3n) is 4.27. The number of aryl methyl sites for hydroxylation is 1. The topological polar surface area (TPSA) is 47.1 Å². The van der Waals surface area contributed by atoms with E-state index in [9.17, 15) is 0 Å². The van der Waals surface area contributed by atoms with Crippen LogP contribution in [0.15, 0.2) is 12.5 Å². The molecular weight excluding hydrogens is 236 g/mol. The van der Waals surface area contributed by atoms with Crippen LogP contribution in [0.3, 0.4) is 0 Å². The quantitative estimate of drug-likeness (QED) is 0.858. The van der Waals surface area contributed by atoms with Gasteiger partial charge in [0.25, 0.3) is 0 Å². The molecule has 2 rings (SSSR count). The van der Waals surface area contributed by atoms with Crippen LogP contribution in [0.25, 0.3) is 0 Å². The van der Waals surface area contributed by atoms with Gasteiger partial charge in [-0.15, -0.1) is 0 Å². The van der Waals surface area contributed by atoms with Gasteiger partial charge >= 0.3 is 0 Å². The van der Waals surface area contributed by atoms with E-state index in [1.807, 2.05) is 12.5 Å². The Bertz CT molecular complexity index is 366. The van der Waals surface area contributed by atoms with Gasteiger partial charge in [0.2, 0.25) is 0 Å². The SMILES string of the molecule is CCCN(Cc1cncn1CC)C1CCC(N)CC1. The average molecular weight is 264 g/mol. The highest BCUT2D eigenvalue weighted by atomic mass is 15.2. The minimum atomic E-state index is 0.431. The summed E-state index contributed by atoms with van der Waals surface area (Å²) in [7, 11) is 0. The van der Waals surface area contributed by atoms with Gasteiger partial charge in [0.1, 0.15) is 0 Å². The summed E-state index contributed by atoms with van der Waals surface area (Å²) >= 11 is 0. The number of imidazole rings is 1. The fourth-order valence-electron chi connectivity index (χ4n) is 3.12. The van der Waals surface area contributed by atoms with Crippen molar-refractivity contribution in [1.29, 1.82) is 0 Å². The first-order chi connectivity index (χ1) is 9.24. The lowest BCUT2D eigenvalue weighted by molar-refractivity contribution is 0.139. The molecular formula is C15H28N4. The van der Waals surface area contributed by atoms with Crippen LogP contribution in [0.2, 0.25) is 0 Å². The van der Waals surface area contributed by atoms with Crippen molar-refractivity contribution in [2.24, 2.45) is 5.73 Å². The van der Waals surface area contributed by atoms with E-state index < -0.39 is 0 Å². The summed E-state index contributed by atoms with van der Waals surface area (Å²) in [6.07, 6.45) is 10.0. The average Bonchev–Trinajstić information content (AvgIpc) is 2.86. The lowest BCUT2D eigenvalue weighted by atomic mass is 9.90. The molecule has 0 bridgehead atoms. The lowest BCUT2D eigenvalue weighted by Gasteiger charge is -2.36. The van der Waals surface area contributed by atoms with Gasteiger partial charge in [-0.05, 0) is 45.6 Å². The van der Waals surface area contributed by atoms with Crippen molar-refractivity contribution in [3.05, 3.63) is 18.2 Å². The Morgan fingerprint density at radius 3 is 2.68 bits per heavy atom. The van der Waals surface area contributed by atoms with Gasteiger partial charge in [-0.2, -0.15) is 0 Å². The van der Waals surface area contributed by atoms with Crippen molar-refractivity contribution in [1.82, 2.24) is 14.5 Å². The third kappa shape index (κ3) is 3.80. The van der Waals surface area contributed by atoms with Crippen molar-refractivity contribution in [3.63, 3.8) is 0 Å². The molecule has 1 aromatic heterocycles. The molecule has 1 aromatic rings. The Labute approximate surface area is 117 Å². The Hall–Kier alpha value is -0.870. The predicted molar refractivity (Wildman–Crippen MR) is 78.8 cm³/mol. The van der Waals surface area contributed by atoms with E-state index in [1.165, 1.54) is 44.3 Å². The fraction of sp³-hybridized carbons (Fsp3) is 0.800. The van der Waals surface area contributed by atoms with E-state index in [4.69, 9.17) is 5.73 Å². The van der Waals surface area contributed by atoms with Crippen LogP contribution in [-0.4, -0.2) is 33.1 Å². The summed E-state index contributed by atoms with van der Waals surface area (Å²) in [4.78, 5) is 6.91. The van der Waals surface area contributed by atoms with E-state index in [0.717, 1.165) is 13.1 Å². The number of nitrogens with zero attached hydrogens (tertiary/aromatic N) is 3. The molecule has 4 nitrogen and oxygen atoms in total. The highest BCUT2D eigenvalue weighted by Crippen LogP contribution is 2.23. The van der Waals surface area contributed by atoms with Crippen LogP contribution in [0.5, 0.6) is 0 Å². The zero-order chi connectivity index (χ0) is 13.7. The molecule has 0 saturated heterocycles. The molecule has 0 radical (unpaired) electrons. The van der Waals surface area contributed by atoms with Gasteiger partial charge in [-0.25, -0.2) is 4.98 Å². The molecule has 0 aliphatic heterocycles. The number of nitrogens with two attached hydrogens (primary N) is 1. The van der Waals surface area contributed by atoms with Gasteiger partial charge < -0.3 is 10.3 Å². The van der Waals surface area contributed by atoms with Gasteiger partial charge in [0, 0.05) is 31.4 Å². The van der Waals surface area contributed by atoms with Gasteiger partial charge in [-0.3, -0.25) is 4.90 Å². The summed E-state index contributed by atoms with van der Waals surface area (Å²) in [5.41, 5.74) is 7.36. The predicted octanol–water partition coefficient (Wildman–Crippen LogP) is 2.38. The van der Waals surface area contributed by atoms with Gasteiger partial charge in [-0.1, -0.05) is 6.92 Å². The number of hydrogen-bond acceptors (Lipinski definition) is 3. The highest BCUT2D eigenvalue weighted by Gasteiger charge is 2.24. The van der Waals surface area contributed by atoms with Crippen LogP contribution in [0.1, 0.15) is 51.6 Å². The van der Waals surface area contributed by atoms with Gasteiger partial charge in [0.05, 0.1) is 12.0 Å². The molecule has 1 heterocycles. The maximum absolute atomic E-state index is 6.02. The second-order valence-corrected chi connectivity index (χ2v) is 5.71. The number of aromatic nitrogens is 2. The molecule has 1 aliphatic carbocycles. The molecule has 1 fully saturated rings. The van der Waals surface area contributed by atoms with E-state index in [1.54, 1.807) is 0 Å². The summed E-state index contributed by atoms with van der Waals surface area (Å²) in [6.45, 7) is 7.65. The maximum Gasteiger partial charge on any atom is 0.0948 e. The number of hydrogen-bond donors (Lipinski definition) is 1.